The second-order valence-corrected chi connectivity index (χ2v) is 19.5. The van der Waals surface area contributed by atoms with E-state index in [2.05, 4.69) is 53.0 Å². The summed E-state index contributed by atoms with van der Waals surface area (Å²) in [6, 6.07) is 20.4. The number of rotatable bonds is 32. The van der Waals surface area contributed by atoms with Gasteiger partial charge in [-0.25, -0.2) is 15.1 Å². The minimum Gasteiger partial charge on any atom is -0.508 e. The first-order valence-electron chi connectivity index (χ1n) is 27.7. The summed E-state index contributed by atoms with van der Waals surface area (Å²) in [5.74, 6) is -5.47. The summed E-state index contributed by atoms with van der Waals surface area (Å²) in [7, 11) is 0. The van der Waals surface area contributed by atoms with E-state index in [0.717, 1.165) is 11.3 Å². The average molecular weight is 1180 g/mol. The van der Waals surface area contributed by atoms with Crippen LogP contribution >= 0.6 is 0 Å². The number of hydrogen-bond acceptors (Lipinski definition) is 16. The number of hydrogen-bond donors (Lipinski definition) is 14. The molecule has 0 saturated carbocycles. The number of aliphatic imine (C=N–C) groups is 1. The summed E-state index contributed by atoms with van der Waals surface area (Å²) in [5.41, 5.74) is 11.0. The number of carboxylic acid groups (broad SMARTS) is 3. The summed E-state index contributed by atoms with van der Waals surface area (Å²) < 4.78 is 0. The quantitative estimate of drug-likeness (QED) is 0.0152. The van der Waals surface area contributed by atoms with Gasteiger partial charge in [-0.1, -0.05) is 61.5 Å². The lowest BCUT2D eigenvalue weighted by atomic mass is 9.90. The molecule has 3 aromatic carbocycles. The Hall–Kier alpha value is -8.64. The van der Waals surface area contributed by atoms with Gasteiger partial charge in [0.25, 0.3) is 0 Å². The lowest BCUT2D eigenvalue weighted by molar-refractivity contribution is -0.140. The van der Waals surface area contributed by atoms with Crippen LogP contribution in [0.2, 0.25) is 0 Å². The highest BCUT2D eigenvalue weighted by molar-refractivity contribution is 5.93. The number of hydroxylamine groups is 1. The fourth-order valence-electron chi connectivity index (χ4n) is 8.55. The molecule has 8 amide bonds. The number of amides is 8. The van der Waals surface area contributed by atoms with Crippen molar-refractivity contribution in [2.75, 3.05) is 130 Å². The molecule has 3 aromatic rings. The molecule has 1 aliphatic rings. The number of phenols is 1. The second-order valence-electron chi connectivity index (χ2n) is 19.5. The molecular weight excluding hydrogens is 1090 g/mol. The van der Waals surface area contributed by atoms with Gasteiger partial charge >= 0.3 is 30.0 Å². The van der Waals surface area contributed by atoms with Crippen LogP contribution in [0.25, 0.3) is 0 Å². The van der Waals surface area contributed by atoms with Crippen LogP contribution in [0.5, 0.6) is 5.75 Å². The highest BCUT2D eigenvalue weighted by atomic mass is 16.7. The molecule has 1 fully saturated rings. The Labute approximate surface area is 487 Å². The number of aliphatic carboxylic acids is 3. The van der Waals surface area contributed by atoms with Crippen LogP contribution in [0.1, 0.15) is 55.2 Å². The van der Waals surface area contributed by atoms with Gasteiger partial charge in [0.2, 0.25) is 23.6 Å². The number of carbonyl (C=O) groups is 9. The maximum absolute atomic E-state index is 14.3. The number of nitrogens with one attached hydrogen (secondary N) is 9. The van der Waals surface area contributed by atoms with E-state index in [9.17, 15) is 63.6 Å². The zero-order chi connectivity index (χ0) is 61.1. The third kappa shape index (κ3) is 28.4. The third-order valence-electron chi connectivity index (χ3n) is 13.0. The van der Waals surface area contributed by atoms with Crippen molar-refractivity contribution in [2.45, 2.75) is 51.1 Å². The normalized spacial score (nSPS) is 14.7. The van der Waals surface area contributed by atoms with E-state index in [0.29, 0.717) is 36.9 Å². The molecule has 29 heteroatoms. The van der Waals surface area contributed by atoms with E-state index in [1.165, 1.54) is 12.1 Å². The number of benzene rings is 3. The lowest BCUT2D eigenvalue weighted by Gasteiger charge is -2.32. The minimum atomic E-state index is -1.06. The van der Waals surface area contributed by atoms with Crippen LogP contribution in [0.3, 0.4) is 0 Å². The fourth-order valence-corrected chi connectivity index (χ4v) is 8.55. The van der Waals surface area contributed by atoms with E-state index in [-0.39, 0.29) is 154 Å². The SMILES string of the molecule is CCC(=O)NCCNC(=O)/N=C(/N)NCCC[C@@H](NC(=O)C(c1ccccc1)c1ccc(NCCCNC(=O)NOCCNC(=O)CN2CCN(CC(=O)O)CCN(CC(=O)O)CCN(CC(=O)O)CC2)cc1)C(=O)NCc1ccc(O)cc1. The number of nitrogens with zero attached hydrogens (tertiary/aromatic N) is 5. The van der Waals surface area contributed by atoms with E-state index in [4.69, 9.17) is 10.6 Å². The van der Waals surface area contributed by atoms with Gasteiger partial charge in [0, 0.05) is 110 Å². The number of carbonyl (C=O) groups excluding carboxylic acids is 6. The number of carboxylic acids is 3. The van der Waals surface area contributed by atoms with Gasteiger partial charge in [0.15, 0.2) is 5.96 Å². The molecule has 84 heavy (non-hydrogen) atoms. The number of phenolic OH excluding ortho intramolecular Hbond substituents is 1. The van der Waals surface area contributed by atoms with Gasteiger partial charge in [-0.3, -0.25) is 58.0 Å². The third-order valence-corrected chi connectivity index (χ3v) is 13.0. The van der Waals surface area contributed by atoms with Crippen molar-refractivity contribution in [3.8, 4) is 5.75 Å². The smallest absolute Gasteiger partial charge is 0.344 e. The fraction of sp³-hybridized carbons (Fsp3) is 0.491. The van der Waals surface area contributed by atoms with Crippen molar-refractivity contribution in [2.24, 2.45) is 10.7 Å². The zero-order valence-electron chi connectivity index (χ0n) is 47.3. The molecule has 0 spiro atoms. The van der Waals surface area contributed by atoms with Crippen LogP contribution < -0.4 is 53.7 Å². The number of aromatic hydroxyl groups is 1. The molecule has 1 saturated heterocycles. The molecule has 15 N–H and O–H groups in total. The highest BCUT2D eigenvalue weighted by Crippen LogP contribution is 2.27. The molecular formula is C55H81N15O14. The molecule has 0 radical (unpaired) electrons. The monoisotopic (exact) mass is 1180 g/mol. The largest absolute Gasteiger partial charge is 0.508 e. The molecule has 1 unspecified atom stereocenters. The standard InChI is InChI=1S/C55H81N15O14/c1-2-45(72)58-22-23-62-54(82)65-53(56)60-19-6-10-44(51(80)63-34-39-11-17-43(71)18-12-39)64-52(81)50(40-8-4-3-5-9-40)41-13-15-42(16-14-41)57-20-7-21-61-55(83)66-84-33-24-59-46(73)35-67-25-27-68(36-47(74)75)29-31-70(38-49(78)79)32-30-69(28-26-67)37-48(76)77/h3-5,8-9,11-18,44,50,57,71H,2,6-7,10,19-38H2,1H3,(H,58,72)(H,59,73)(H,63,80)(H,64,81)(H,74,75)(H,76,77)(H,78,79)(H2,61,66,83)(H4,56,60,62,65,82)/t44-,50?/m1/s1. The lowest BCUT2D eigenvalue weighted by Crippen LogP contribution is -2.50. The van der Waals surface area contributed by atoms with Crippen LogP contribution in [-0.4, -0.2) is 230 Å². The first kappa shape index (κ1) is 67.9. The first-order chi connectivity index (χ1) is 40.4. The van der Waals surface area contributed by atoms with Crippen molar-refractivity contribution in [1.82, 2.24) is 62.3 Å². The maximum Gasteiger partial charge on any atom is 0.344 e. The molecule has 4 rings (SSSR count). The van der Waals surface area contributed by atoms with E-state index >= 15 is 0 Å². The van der Waals surface area contributed by atoms with Gasteiger partial charge in [-0.15, -0.1) is 0 Å². The number of guanidine groups is 1. The topological polar surface area (TPSA) is 403 Å². The van der Waals surface area contributed by atoms with Crippen LogP contribution in [0.15, 0.2) is 83.9 Å². The van der Waals surface area contributed by atoms with Crippen molar-refractivity contribution in [1.29, 1.82) is 0 Å². The van der Waals surface area contributed by atoms with E-state index in [1.54, 1.807) is 38.7 Å². The van der Waals surface area contributed by atoms with Crippen molar-refractivity contribution >= 4 is 65.2 Å². The van der Waals surface area contributed by atoms with Crippen LogP contribution in [-0.2, 0) is 44.9 Å². The van der Waals surface area contributed by atoms with Crippen LogP contribution in [0, 0.1) is 0 Å². The van der Waals surface area contributed by atoms with Gasteiger partial charge in [-0.2, -0.15) is 4.99 Å². The van der Waals surface area contributed by atoms with Crippen molar-refractivity contribution < 1.29 is 68.4 Å². The Morgan fingerprint density at radius 3 is 1.68 bits per heavy atom. The molecule has 1 aliphatic heterocycles. The molecule has 2 atom stereocenters. The van der Waals surface area contributed by atoms with E-state index in [1.807, 2.05) is 54.6 Å². The number of anilines is 1. The Balaban J connectivity index is 1.23. The van der Waals surface area contributed by atoms with Gasteiger partial charge in [0.1, 0.15) is 11.8 Å². The van der Waals surface area contributed by atoms with Crippen LogP contribution in [0.4, 0.5) is 15.3 Å². The zero-order valence-corrected chi connectivity index (χ0v) is 47.3. The van der Waals surface area contributed by atoms with Gasteiger partial charge < -0.3 is 68.7 Å². The first-order valence-corrected chi connectivity index (χ1v) is 27.7. The predicted octanol–water partition coefficient (Wildman–Crippen LogP) is -1.13. The Bertz CT molecular complexity index is 2570. The Morgan fingerprint density at radius 1 is 0.571 bits per heavy atom. The molecule has 0 bridgehead atoms. The summed E-state index contributed by atoms with van der Waals surface area (Å²) >= 11 is 0. The minimum absolute atomic E-state index is 0.0454. The molecule has 0 aliphatic carbocycles. The molecule has 460 valence electrons. The molecule has 0 aromatic heterocycles. The predicted molar refractivity (Wildman–Crippen MR) is 309 cm³/mol. The number of nitrogens with two attached hydrogens (primary N) is 1. The number of urea groups is 2. The summed E-state index contributed by atoms with van der Waals surface area (Å²) in [6.45, 7) is 4.30. The highest BCUT2D eigenvalue weighted by Gasteiger charge is 2.28. The van der Waals surface area contributed by atoms with Crippen molar-refractivity contribution in [3.63, 3.8) is 0 Å². The summed E-state index contributed by atoms with van der Waals surface area (Å²) in [5, 5.41) is 60.6. The average Bonchev–Trinajstić information content (AvgIpc) is 3.37. The summed E-state index contributed by atoms with van der Waals surface area (Å²) in [4.78, 5) is 127. The second kappa shape index (κ2) is 38.2. The Morgan fingerprint density at radius 2 is 1.11 bits per heavy atom. The van der Waals surface area contributed by atoms with E-state index < -0.39 is 53.7 Å². The molecule has 1 heterocycles. The van der Waals surface area contributed by atoms with Gasteiger partial charge in [-0.05, 0) is 60.2 Å². The Kier molecular flexibility index (Phi) is 30.9. The maximum atomic E-state index is 14.3. The summed E-state index contributed by atoms with van der Waals surface area (Å²) in [6.07, 6.45) is 1.34. The van der Waals surface area contributed by atoms with Gasteiger partial charge in [0.05, 0.1) is 38.7 Å². The molecule has 29 nitrogen and oxygen atoms in total. The van der Waals surface area contributed by atoms with Crippen molar-refractivity contribution in [3.05, 3.63) is 95.6 Å².